The summed E-state index contributed by atoms with van der Waals surface area (Å²) >= 11 is 17.9. The van der Waals surface area contributed by atoms with Gasteiger partial charge in [-0.25, -0.2) is 4.98 Å². The Kier molecular flexibility index (Phi) is 7.79. The molecule has 0 spiro atoms. The molecule has 0 amide bonds. The maximum Gasteiger partial charge on any atom is 0.146 e. The summed E-state index contributed by atoms with van der Waals surface area (Å²) in [6.45, 7) is 8.44. The van der Waals surface area contributed by atoms with E-state index in [1.54, 1.807) is 17.8 Å². The molecule has 0 saturated heterocycles. The van der Waals surface area contributed by atoms with Gasteiger partial charge in [-0.3, -0.25) is 4.57 Å². The second kappa shape index (κ2) is 9.99. The third-order valence-corrected chi connectivity index (χ3v) is 7.24. The number of rotatable bonds is 5. The molecule has 0 fully saturated rings. The molecule has 2 aromatic carbocycles. The molecule has 0 saturated carbocycles. The summed E-state index contributed by atoms with van der Waals surface area (Å²) in [6.07, 6.45) is 0.814. The first kappa shape index (κ1) is 24.2. The molecule has 8 heteroatoms. The summed E-state index contributed by atoms with van der Waals surface area (Å²) in [4.78, 5) is 5.04. The SMILES string of the molecule is CCc1c(CS/C(=N\N)C(C)(C)C)nc(-c2ccc(Cl)cc2Cl)n1-c1ccc(Br)cc1. The molecule has 0 unspecified atom stereocenters. The lowest BCUT2D eigenvalue weighted by Gasteiger charge is -2.19. The van der Waals surface area contributed by atoms with Crippen LogP contribution in [0.4, 0.5) is 0 Å². The van der Waals surface area contributed by atoms with Crippen LogP contribution in [0.25, 0.3) is 17.1 Å². The first-order valence-corrected chi connectivity index (χ1v) is 12.4. The Labute approximate surface area is 206 Å². The number of benzene rings is 2. The minimum absolute atomic E-state index is 0.123. The molecule has 0 atom stereocenters. The van der Waals surface area contributed by atoms with Crippen LogP contribution in [-0.2, 0) is 12.2 Å². The van der Waals surface area contributed by atoms with Crippen LogP contribution in [-0.4, -0.2) is 14.6 Å². The second-order valence-corrected chi connectivity index (χ2v) is 10.8. The normalized spacial score (nSPS) is 12.4. The molecule has 3 rings (SSSR count). The molecule has 1 aromatic heterocycles. The van der Waals surface area contributed by atoms with Crippen LogP contribution in [0.5, 0.6) is 0 Å². The minimum atomic E-state index is -0.123. The third kappa shape index (κ3) is 5.48. The van der Waals surface area contributed by atoms with Crippen LogP contribution in [0, 0.1) is 5.41 Å². The molecule has 2 N–H and O–H groups in total. The molecule has 3 aromatic rings. The van der Waals surface area contributed by atoms with Crippen molar-refractivity contribution in [3.8, 4) is 17.1 Å². The molecule has 0 aliphatic rings. The van der Waals surface area contributed by atoms with Gasteiger partial charge in [0, 0.05) is 37.6 Å². The number of imidazole rings is 1. The zero-order valence-electron chi connectivity index (χ0n) is 17.9. The summed E-state index contributed by atoms with van der Waals surface area (Å²) < 4.78 is 3.19. The maximum atomic E-state index is 6.58. The molecule has 31 heavy (non-hydrogen) atoms. The maximum absolute atomic E-state index is 6.58. The van der Waals surface area contributed by atoms with Crippen molar-refractivity contribution in [3.63, 3.8) is 0 Å². The Hall–Kier alpha value is -1.47. The lowest BCUT2D eigenvalue weighted by atomic mass is 9.99. The van der Waals surface area contributed by atoms with E-state index in [0.29, 0.717) is 15.8 Å². The number of nitrogens with two attached hydrogens (primary N) is 1. The number of hydrazone groups is 1. The number of thioether (sulfide) groups is 1. The lowest BCUT2D eigenvalue weighted by molar-refractivity contribution is 0.599. The largest absolute Gasteiger partial charge is 0.323 e. The van der Waals surface area contributed by atoms with E-state index >= 15 is 0 Å². The monoisotopic (exact) mass is 538 g/mol. The van der Waals surface area contributed by atoms with Crippen molar-refractivity contribution >= 4 is 55.9 Å². The Morgan fingerprint density at radius 1 is 1.16 bits per heavy atom. The Balaban J connectivity index is 2.16. The number of halogens is 3. The van der Waals surface area contributed by atoms with E-state index in [2.05, 4.69) is 65.4 Å². The predicted molar refractivity (Wildman–Crippen MR) is 138 cm³/mol. The molecule has 0 bridgehead atoms. The fourth-order valence-electron chi connectivity index (χ4n) is 3.28. The Morgan fingerprint density at radius 2 is 1.84 bits per heavy atom. The molecule has 164 valence electrons. The fraction of sp³-hybridized carbons (Fsp3) is 0.304. The van der Waals surface area contributed by atoms with Gasteiger partial charge in [0.1, 0.15) is 5.82 Å². The lowest BCUT2D eigenvalue weighted by Crippen LogP contribution is -2.19. The first-order chi connectivity index (χ1) is 14.7. The van der Waals surface area contributed by atoms with Gasteiger partial charge in [0.05, 0.1) is 15.8 Å². The van der Waals surface area contributed by atoms with E-state index in [0.717, 1.165) is 44.4 Å². The minimum Gasteiger partial charge on any atom is -0.323 e. The highest BCUT2D eigenvalue weighted by Gasteiger charge is 2.24. The number of aromatic nitrogens is 2. The standard InChI is InChI=1S/C23H25BrCl2N4S/c1-5-20-19(13-31-22(29-27)23(2,3)4)28-21(17-11-8-15(25)12-18(17)26)30(20)16-9-6-14(24)7-10-16/h6-12H,5,13,27H2,1-4H3/b29-22-. The highest BCUT2D eigenvalue weighted by atomic mass is 79.9. The van der Waals surface area contributed by atoms with Gasteiger partial charge in [0.15, 0.2) is 0 Å². The highest BCUT2D eigenvalue weighted by molar-refractivity contribution is 9.10. The average molecular weight is 540 g/mol. The van der Waals surface area contributed by atoms with Crippen molar-refractivity contribution in [3.05, 3.63) is 68.4 Å². The highest BCUT2D eigenvalue weighted by Crippen LogP contribution is 2.35. The van der Waals surface area contributed by atoms with Gasteiger partial charge in [-0.2, -0.15) is 5.10 Å². The van der Waals surface area contributed by atoms with Crippen molar-refractivity contribution in [1.82, 2.24) is 9.55 Å². The van der Waals surface area contributed by atoms with E-state index in [9.17, 15) is 0 Å². The van der Waals surface area contributed by atoms with Crippen molar-refractivity contribution < 1.29 is 0 Å². The van der Waals surface area contributed by atoms with Gasteiger partial charge < -0.3 is 5.84 Å². The van der Waals surface area contributed by atoms with E-state index < -0.39 is 0 Å². The molecule has 0 radical (unpaired) electrons. The van der Waals surface area contributed by atoms with Gasteiger partial charge in [0.25, 0.3) is 0 Å². The van der Waals surface area contributed by atoms with Gasteiger partial charge in [-0.15, -0.1) is 11.8 Å². The topological polar surface area (TPSA) is 56.2 Å². The van der Waals surface area contributed by atoms with Gasteiger partial charge in [0.2, 0.25) is 0 Å². The van der Waals surface area contributed by atoms with E-state index in [-0.39, 0.29) is 5.41 Å². The van der Waals surface area contributed by atoms with Gasteiger partial charge >= 0.3 is 0 Å². The Morgan fingerprint density at radius 3 is 2.39 bits per heavy atom. The fourth-order valence-corrected chi connectivity index (χ4v) is 5.05. The smallest absolute Gasteiger partial charge is 0.146 e. The number of nitrogens with zero attached hydrogens (tertiary/aromatic N) is 3. The molecule has 1 heterocycles. The summed E-state index contributed by atoms with van der Waals surface area (Å²) in [5, 5.41) is 6.06. The van der Waals surface area contributed by atoms with E-state index in [4.69, 9.17) is 34.0 Å². The van der Waals surface area contributed by atoms with Crippen molar-refractivity contribution in [2.75, 3.05) is 0 Å². The molecule has 4 nitrogen and oxygen atoms in total. The zero-order chi connectivity index (χ0) is 22.8. The summed E-state index contributed by atoms with van der Waals surface area (Å²) in [5.74, 6) is 7.12. The van der Waals surface area contributed by atoms with Crippen molar-refractivity contribution in [1.29, 1.82) is 0 Å². The molecule has 0 aliphatic heterocycles. The van der Waals surface area contributed by atoms with Crippen LogP contribution in [0.1, 0.15) is 39.1 Å². The van der Waals surface area contributed by atoms with Crippen LogP contribution >= 0.6 is 50.9 Å². The van der Waals surface area contributed by atoms with Crippen LogP contribution in [0.2, 0.25) is 10.0 Å². The Bertz CT molecular complexity index is 1100. The average Bonchev–Trinajstić information content (AvgIpc) is 3.06. The second-order valence-electron chi connectivity index (χ2n) is 8.09. The summed E-state index contributed by atoms with van der Waals surface area (Å²) in [7, 11) is 0. The van der Waals surface area contributed by atoms with Crippen molar-refractivity contribution in [2.45, 2.75) is 39.9 Å². The van der Waals surface area contributed by atoms with E-state index in [1.165, 1.54) is 0 Å². The molecular weight excluding hydrogens is 515 g/mol. The molecular formula is C23H25BrCl2N4S. The van der Waals surface area contributed by atoms with Crippen molar-refractivity contribution in [2.24, 2.45) is 16.4 Å². The first-order valence-electron chi connectivity index (χ1n) is 9.88. The number of hydrogen-bond acceptors (Lipinski definition) is 4. The van der Waals surface area contributed by atoms with Crippen LogP contribution in [0.15, 0.2) is 52.0 Å². The van der Waals surface area contributed by atoms with Gasteiger partial charge in [-0.1, -0.05) is 66.8 Å². The quantitative estimate of drug-likeness (QED) is 0.156. The predicted octanol–water partition coefficient (Wildman–Crippen LogP) is 7.72. The third-order valence-electron chi connectivity index (χ3n) is 4.75. The van der Waals surface area contributed by atoms with Crippen LogP contribution < -0.4 is 5.84 Å². The van der Waals surface area contributed by atoms with Gasteiger partial charge in [-0.05, 0) is 48.9 Å². The van der Waals surface area contributed by atoms with E-state index in [1.807, 2.05) is 24.3 Å². The molecule has 0 aliphatic carbocycles. The number of hydrogen-bond donors (Lipinski definition) is 1. The zero-order valence-corrected chi connectivity index (χ0v) is 21.8. The summed E-state index contributed by atoms with van der Waals surface area (Å²) in [6, 6.07) is 13.7. The summed E-state index contributed by atoms with van der Waals surface area (Å²) in [5.41, 5.74) is 3.85. The van der Waals surface area contributed by atoms with Crippen LogP contribution in [0.3, 0.4) is 0 Å².